The van der Waals surface area contributed by atoms with E-state index in [1.54, 1.807) is 29.2 Å². The molecule has 6 nitrogen and oxygen atoms in total. The smallest absolute Gasteiger partial charge is 0.171 e. The average Bonchev–Trinajstić information content (AvgIpc) is 3.21. The summed E-state index contributed by atoms with van der Waals surface area (Å²) in [5, 5.41) is 17.0. The number of halogens is 3. The number of thiocarbonyl (C=S) groups is 1. The zero-order valence-electron chi connectivity index (χ0n) is 14.4. The summed E-state index contributed by atoms with van der Waals surface area (Å²) in [7, 11) is 0. The lowest BCUT2D eigenvalue weighted by Gasteiger charge is -2.10. The molecule has 0 atom stereocenters. The van der Waals surface area contributed by atoms with Crippen molar-refractivity contribution in [3.05, 3.63) is 63.1 Å². The monoisotopic (exact) mass is 442 g/mol. The first-order chi connectivity index (χ1) is 13.0. The zero-order valence-corrected chi connectivity index (χ0v) is 17.5. The molecule has 0 aliphatic carbocycles. The Morgan fingerprint density at radius 3 is 2.70 bits per heavy atom. The van der Waals surface area contributed by atoms with Crippen molar-refractivity contribution >= 4 is 57.8 Å². The van der Waals surface area contributed by atoms with Crippen molar-refractivity contribution in [1.29, 1.82) is 0 Å². The fraction of sp³-hybridized carbons (Fsp3) is 0.235. The van der Waals surface area contributed by atoms with E-state index in [4.69, 9.17) is 47.0 Å². The molecule has 2 heterocycles. The molecular weight excluding hydrogens is 427 g/mol. The molecule has 0 fully saturated rings. The minimum atomic E-state index is 0.471. The maximum atomic E-state index is 6.21. The number of rotatable bonds is 6. The Hall–Kier alpha value is -1.80. The lowest BCUT2D eigenvalue weighted by molar-refractivity contribution is 0.614. The predicted octanol–water partition coefficient (Wildman–Crippen LogP) is 4.59. The molecule has 142 valence electrons. The Morgan fingerprint density at radius 2 is 1.96 bits per heavy atom. The van der Waals surface area contributed by atoms with Gasteiger partial charge in [-0.05, 0) is 36.8 Å². The molecule has 3 aromatic rings. The van der Waals surface area contributed by atoms with Crippen LogP contribution < -0.4 is 10.6 Å². The van der Waals surface area contributed by atoms with Crippen LogP contribution in [0.25, 0.3) is 0 Å². The molecule has 2 aromatic heterocycles. The van der Waals surface area contributed by atoms with Crippen LogP contribution in [0.15, 0.2) is 36.8 Å². The first-order valence-corrected chi connectivity index (χ1v) is 9.72. The highest BCUT2D eigenvalue weighted by molar-refractivity contribution is 7.80. The van der Waals surface area contributed by atoms with E-state index in [9.17, 15) is 0 Å². The third-order valence-electron chi connectivity index (χ3n) is 3.85. The van der Waals surface area contributed by atoms with E-state index in [2.05, 4.69) is 20.8 Å². The minimum absolute atomic E-state index is 0.471. The second-order valence-electron chi connectivity index (χ2n) is 5.72. The quantitative estimate of drug-likeness (QED) is 0.545. The van der Waals surface area contributed by atoms with Gasteiger partial charge in [0.05, 0.1) is 41.9 Å². The van der Waals surface area contributed by atoms with E-state index >= 15 is 0 Å². The van der Waals surface area contributed by atoms with Gasteiger partial charge in [0, 0.05) is 22.8 Å². The fourth-order valence-corrected chi connectivity index (χ4v) is 3.38. The van der Waals surface area contributed by atoms with Crippen LogP contribution in [0.5, 0.6) is 0 Å². The Bertz CT molecular complexity index is 952. The third-order valence-corrected chi connectivity index (χ3v) is 5.00. The summed E-state index contributed by atoms with van der Waals surface area (Å²) in [6.07, 6.45) is 5.17. The van der Waals surface area contributed by atoms with Crippen molar-refractivity contribution in [1.82, 2.24) is 24.9 Å². The van der Waals surface area contributed by atoms with Gasteiger partial charge in [-0.3, -0.25) is 9.36 Å². The van der Waals surface area contributed by atoms with Crippen LogP contribution in [0.3, 0.4) is 0 Å². The van der Waals surface area contributed by atoms with Crippen LogP contribution in [-0.2, 0) is 19.6 Å². The van der Waals surface area contributed by atoms with E-state index in [0.717, 1.165) is 23.5 Å². The molecule has 27 heavy (non-hydrogen) atoms. The van der Waals surface area contributed by atoms with Crippen LogP contribution in [0.4, 0.5) is 5.69 Å². The standard InChI is InChI=1S/C17H17Cl3N6S/c1-2-26-16(15(20)7-23-26)8-21-17(27)24-13-6-22-25(10-13)9-11-3-4-12(18)5-14(11)19/h3-7,10H,2,8-9H2,1H3,(H2,21,24,27). The summed E-state index contributed by atoms with van der Waals surface area (Å²) < 4.78 is 3.59. The van der Waals surface area contributed by atoms with Gasteiger partial charge in [-0.25, -0.2) is 0 Å². The Labute approximate surface area is 177 Å². The summed E-state index contributed by atoms with van der Waals surface area (Å²) >= 11 is 23.6. The molecule has 0 bridgehead atoms. The Balaban J connectivity index is 1.57. The number of benzene rings is 1. The predicted molar refractivity (Wildman–Crippen MR) is 114 cm³/mol. The maximum absolute atomic E-state index is 6.21. The lowest BCUT2D eigenvalue weighted by Crippen LogP contribution is -2.28. The molecule has 0 unspecified atom stereocenters. The highest BCUT2D eigenvalue weighted by Gasteiger charge is 2.09. The molecule has 1 aromatic carbocycles. The minimum Gasteiger partial charge on any atom is -0.357 e. The first kappa shape index (κ1) is 19.9. The summed E-state index contributed by atoms with van der Waals surface area (Å²) in [6.45, 7) is 3.75. The van der Waals surface area contributed by atoms with Gasteiger partial charge in [0.25, 0.3) is 0 Å². The molecule has 0 saturated heterocycles. The van der Waals surface area contributed by atoms with Gasteiger partial charge in [-0.1, -0.05) is 40.9 Å². The number of aromatic nitrogens is 4. The summed E-state index contributed by atoms with van der Waals surface area (Å²) in [5.74, 6) is 0. The van der Waals surface area contributed by atoms with E-state index in [1.807, 2.05) is 23.9 Å². The van der Waals surface area contributed by atoms with Crippen LogP contribution in [-0.4, -0.2) is 24.7 Å². The fourth-order valence-electron chi connectivity index (χ4n) is 2.51. The van der Waals surface area contributed by atoms with Crippen LogP contribution >= 0.6 is 47.0 Å². The van der Waals surface area contributed by atoms with E-state index < -0.39 is 0 Å². The second-order valence-corrected chi connectivity index (χ2v) is 7.38. The van der Waals surface area contributed by atoms with E-state index in [-0.39, 0.29) is 0 Å². The molecule has 2 N–H and O–H groups in total. The third kappa shape index (κ3) is 5.13. The number of nitrogens with one attached hydrogen (secondary N) is 2. The van der Waals surface area contributed by atoms with E-state index in [1.165, 1.54) is 0 Å². The van der Waals surface area contributed by atoms with Crippen LogP contribution in [0, 0.1) is 0 Å². The largest absolute Gasteiger partial charge is 0.357 e. The van der Waals surface area contributed by atoms with Crippen LogP contribution in [0.1, 0.15) is 18.2 Å². The van der Waals surface area contributed by atoms with Crippen molar-refractivity contribution in [2.45, 2.75) is 26.6 Å². The highest BCUT2D eigenvalue weighted by atomic mass is 35.5. The van der Waals surface area contributed by atoms with Gasteiger partial charge >= 0.3 is 0 Å². The van der Waals surface area contributed by atoms with Gasteiger partial charge in [-0.15, -0.1) is 0 Å². The molecule has 0 amide bonds. The topological polar surface area (TPSA) is 59.7 Å². The van der Waals surface area contributed by atoms with Crippen molar-refractivity contribution in [2.75, 3.05) is 5.32 Å². The Morgan fingerprint density at radius 1 is 1.15 bits per heavy atom. The van der Waals surface area contributed by atoms with Crippen molar-refractivity contribution in [3.63, 3.8) is 0 Å². The summed E-state index contributed by atoms with van der Waals surface area (Å²) in [5.41, 5.74) is 2.59. The van der Waals surface area contributed by atoms with Crippen molar-refractivity contribution < 1.29 is 0 Å². The number of hydrogen-bond donors (Lipinski definition) is 2. The normalized spacial score (nSPS) is 10.8. The molecular formula is C17H17Cl3N6S. The Kier molecular flexibility index (Phi) is 6.59. The van der Waals surface area contributed by atoms with Gasteiger partial charge in [0.2, 0.25) is 0 Å². The highest BCUT2D eigenvalue weighted by Crippen LogP contribution is 2.22. The van der Waals surface area contributed by atoms with Crippen molar-refractivity contribution in [3.8, 4) is 0 Å². The molecule has 0 aliphatic rings. The van der Waals surface area contributed by atoms with Gasteiger partial charge in [0.1, 0.15) is 0 Å². The molecule has 0 spiro atoms. The number of anilines is 1. The number of aryl methyl sites for hydroxylation is 1. The van der Waals surface area contributed by atoms with E-state index in [0.29, 0.717) is 33.3 Å². The molecule has 10 heteroatoms. The van der Waals surface area contributed by atoms with Crippen LogP contribution in [0.2, 0.25) is 15.1 Å². The summed E-state index contributed by atoms with van der Waals surface area (Å²) in [4.78, 5) is 0. The van der Waals surface area contributed by atoms with Crippen molar-refractivity contribution in [2.24, 2.45) is 0 Å². The number of nitrogens with zero attached hydrogens (tertiary/aromatic N) is 4. The SMILES string of the molecule is CCn1ncc(Cl)c1CNC(=S)Nc1cnn(Cc2ccc(Cl)cc2Cl)c1. The summed E-state index contributed by atoms with van der Waals surface area (Å²) in [6, 6.07) is 5.40. The second kappa shape index (κ2) is 8.93. The lowest BCUT2D eigenvalue weighted by atomic mass is 10.2. The van der Waals surface area contributed by atoms with Gasteiger partial charge < -0.3 is 10.6 Å². The molecule has 0 radical (unpaired) electrons. The van der Waals surface area contributed by atoms with Gasteiger partial charge in [-0.2, -0.15) is 10.2 Å². The molecule has 0 aliphatic heterocycles. The average molecular weight is 444 g/mol. The molecule has 0 saturated carbocycles. The van der Waals surface area contributed by atoms with Gasteiger partial charge in [0.15, 0.2) is 5.11 Å². The molecule has 3 rings (SSSR count). The maximum Gasteiger partial charge on any atom is 0.171 e. The zero-order chi connectivity index (χ0) is 19.4. The first-order valence-electron chi connectivity index (χ1n) is 8.17. The number of hydrogen-bond acceptors (Lipinski definition) is 3.